The van der Waals surface area contributed by atoms with Gasteiger partial charge in [-0.25, -0.2) is 0 Å². The lowest BCUT2D eigenvalue weighted by Gasteiger charge is -2.01. The summed E-state index contributed by atoms with van der Waals surface area (Å²) in [7, 11) is 0. The molecule has 1 aromatic carbocycles. The maximum absolute atomic E-state index is 11.2. The number of hydrogen-bond donors (Lipinski definition) is 0. The molecule has 0 heterocycles. The quantitative estimate of drug-likeness (QED) is 0.664. The number of ketones is 1. The van der Waals surface area contributed by atoms with Gasteiger partial charge in [0.1, 0.15) is 0 Å². The molecule has 1 rings (SSSR count). The molecule has 0 saturated heterocycles. The van der Waals surface area contributed by atoms with Crippen LogP contribution in [-0.4, -0.2) is 5.78 Å². The number of aryl methyl sites for hydroxylation is 1. The molecule has 0 spiro atoms. The van der Waals surface area contributed by atoms with Crippen LogP contribution in [0.3, 0.4) is 0 Å². The second-order valence-corrected chi connectivity index (χ2v) is 3.52. The Balaban J connectivity index is 2.94. The zero-order valence-corrected chi connectivity index (χ0v) is 9.00. The minimum atomic E-state index is 0.184. The predicted molar refractivity (Wildman–Crippen MR) is 60.1 cm³/mol. The van der Waals surface area contributed by atoms with E-state index in [0.29, 0.717) is 6.42 Å². The van der Waals surface area contributed by atoms with Crippen LogP contribution in [0.2, 0.25) is 0 Å². The number of hydrogen-bond acceptors (Lipinski definition) is 1. The summed E-state index contributed by atoms with van der Waals surface area (Å²) in [6.45, 7) is 5.91. The first-order valence-corrected chi connectivity index (χ1v) is 4.91. The Morgan fingerprint density at radius 2 is 2.14 bits per heavy atom. The van der Waals surface area contributed by atoms with E-state index in [-0.39, 0.29) is 5.78 Å². The van der Waals surface area contributed by atoms with Gasteiger partial charge in [0, 0.05) is 6.42 Å². The van der Waals surface area contributed by atoms with E-state index in [1.54, 1.807) is 6.08 Å². The molecular formula is C13H16O. The third-order valence-corrected chi connectivity index (χ3v) is 2.20. The third-order valence-electron chi connectivity index (χ3n) is 2.20. The fraction of sp³-hybridized carbons (Fsp3) is 0.308. The van der Waals surface area contributed by atoms with E-state index >= 15 is 0 Å². The number of carbonyl (C=O) groups excluding carboxylic acids is 1. The Kier molecular flexibility index (Phi) is 3.63. The van der Waals surface area contributed by atoms with Crippen LogP contribution in [-0.2, 0) is 4.79 Å². The molecule has 0 N–H and O–H groups in total. The van der Waals surface area contributed by atoms with Crippen molar-refractivity contribution in [3.8, 4) is 0 Å². The second kappa shape index (κ2) is 4.75. The van der Waals surface area contributed by atoms with Gasteiger partial charge in [0.2, 0.25) is 0 Å². The first kappa shape index (κ1) is 10.7. The summed E-state index contributed by atoms with van der Waals surface area (Å²) < 4.78 is 0. The number of rotatable bonds is 3. The molecule has 0 unspecified atom stereocenters. The van der Waals surface area contributed by atoms with Gasteiger partial charge < -0.3 is 0 Å². The first-order chi connectivity index (χ1) is 6.63. The highest BCUT2D eigenvalue weighted by molar-refractivity contribution is 5.96. The summed E-state index contributed by atoms with van der Waals surface area (Å²) in [4.78, 5) is 11.2. The van der Waals surface area contributed by atoms with Crippen molar-refractivity contribution in [1.82, 2.24) is 0 Å². The molecule has 0 aliphatic rings. The lowest BCUT2D eigenvalue weighted by Crippen LogP contribution is -1.90. The van der Waals surface area contributed by atoms with Gasteiger partial charge in [0.25, 0.3) is 0 Å². The summed E-state index contributed by atoms with van der Waals surface area (Å²) >= 11 is 0. The predicted octanol–water partition coefficient (Wildman–Crippen LogP) is 3.38. The largest absolute Gasteiger partial charge is 0.295 e. The molecule has 0 fully saturated rings. The topological polar surface area (TPSA) is 17.1 Å². The standard InChI is InChI=1S/C13H16O/c1-4-13(14)9-11(3)12-7-5-6-10(2)8-12/h5-9H,4H2,1-3H3/b11-9-. The maximum Gasteiger partial charge on any atom is 0.155 e. The fourth-order valence-corrected chi connectivity index (χ4v) is 1.32. The number of allylic oxidation sites excluding steroid dienone is 2. The minimum Gasteiger partial charge on any atom is -0.295 e. The summed E-state index contributed by atoms with van der Waals surface area (Å²) in [5.41, 5.74) is 3.39. The van der Waals surface area contributed by atoms with Crippen molar-refractivity contribution < 1.29 is 4.79 Å². The molecule has 1 heteroatoms. The normalized spacial score (nSPS) is 11.5. The molecule has 74 valence electrons. The zero-order chi connectivity index (χ0) is 10.6. The van der Waals surface area contributed by atoms with Gasteiger partial charge in [-0.3, -0.25) is 4.79 Å². The van der Waals surface area contributed by atoms with Gasteiger partial charge in [-0.2, -0.15) is 0 Å². The first-order valence-electron chi connectivity index (χ1n) is 4.91. The van der Waals surface area contributed by atoms with Gasteiger partial charge in [-0.15, -0.1) is 0 Å². The molecule has 0 aliphatic heterocycles. The third kappa shape index (κ3) is 2.84. The molecule has 14 heavy (non-hydrogen) atoms. The Morgan fingerprint density at radius 3 is 2.71 bits per heavy atom. The smallest absolute Gasteiger partial charge is 0.155 e. The van der Waals surface area contributed by atoms with Gasteiger partial charge in [0.15, 0.2) is 5.78 Å². The van der Waals surface area contributed by atoms with E-state index < -0.39 is 0 Å². The highest BCUT2D eigenvalue weighted by Crippen LogP contribution is 2.15. The highest BCUT2D eigenvalue weighted by atomic mass is 16.1. The average molecular weight is 188 g/mol. The van der Waals surface area contributed by atoms with Crippen molar-refractivity contribution in [2.24, 2.45) is 0 Å². The van der Waals surface area contributed by atoms with E-state index in [0.717, 1.165) is 11.1 Å². The monoisotopic (exact) mass is 188 g/mol. The van der Waals surface area contributed by atoms with Crippen molar-refractivity contribution in [2.75, 3.05) is 0 Å². The molecular weight excluding hydrogens is 172 g/mol. The molecule has 0 radical (unpaired) electrons. The van der Waals surface area contributed by atoms with Crippen LogP contribution in [0.1, 0.15) is 31.4 Å². The van der Waals surface area contributed by atoms with Crippen molar-refractivity contribution in [3.63, 3.8) is 0 Å². The SMILES string of the molecule is CCC(=O)/C=C(/C)c1cccc(C)c1. The van der Waals surface area contributed by atoms with E-state index in [2.05, 4.69) is 19.1 Å². The van der Waals surface area contributed by atoms with Crippen LogP contribution in [0, 0.1) is 6.92 Å². The van der Waals surface area contributed by atoms with Gasteiger partial charge in [0.05, 0.1) is 0 Å². The number of carbonyl (C=O) groups is 1. The Labute approximate surface area is 85.5 Å². The molecule has 0 saturated carbocycles. The van der Waals surface area contributed by atoms with Crippen LogP contribution < -0.4 is 0 Å². The summed E-state index contributed by atoms with van der Waals surface area (Å²) in [6.07, 6.45) is 2.29. The Hall–Kier alpha value is -1.37. The van der Waals surface area contributed by atoms with Gasteiger partial charge in [-0.05, 0) is 31.1 Å². The van der Waals surface area contributed by atoms with Gasteiger partial charge >= 0.3 is 0 Å². The summed E-state index contributed by atoms with van der Waals surface area (Å²) in [6, 6.07) is 8.19. The molecule has 1 aromatic rings. The molecule has 1 nitrogen and oxygen atoms in total. The molecule has 0 bridgehead atoms. The van der Waals surface area contributed by atoms with Crippen molar-refractivity contribution >= 4 is 11.4 Å². The van der Waals surface area contributed by atoms with Crippen molar-refractivity contribution in [3.05, 3.63) is 41.5 Å². The summed E-state index contributed by atoms with van der Waals surface area (Å²) in [5.74, 6) is 0.184. The lowest BCUT2D eigenvalue weighted by molar-refractivity contribution is -0.114. The fourth-order valence-electron chi connectivity index (χ4n) is 1.32. The summed E-state index contributed by atoms with van der Waals surface area (Å²) in [5, 5.41) is 0. The van der Waals surface area contributed by atoms with E-state index in [1.165, 1.54) is 5.56 Å². The van der Waals surface area contributed by atoms with Crippen LogP contribution in [0.25, 0.3) is 5.57 Å². The van der Waals surface area contributed by atoms with E-state index in [1.807, 2.05) is 26.0 Å². The van der Waals surface area contributed by atoms with Crippen LogP contribution in [0.5, 0.6) is 0 Å². The lowest BCUT2D eigenvalue weighted by atomic mass is 10.0. The average Bonchev–Trinajstić information content (AvgIpc) is 2.17. The maximum atomic E-state index is 11.2. The molecule has 0 aliphatic carbocycles. The van der Waals surface area contributed by atoms with Crippen LogP contribution >= 0.6 is 0 Å². The molecule has 0 atom stereocenters. The van der Waals surface area contributed by atoms with Crippen LogP contribution in [0.15, 0.2) is 30.3 Å². The van der Waals surface area contributed by atoms with Gasteiger partial charge in [-0.1, -0.05) is 36.8 Å². The van der Waals surface area contributed by atoms with Crippen molar-refractivity contribution in [2.45, 2.75) is 27.2 Å². The minimum absolute atomic E-state index is 0.184. The molecule has 0 aromatic heterocycles. The van der Waals surface area contributed by atoms with Crippen LogP contribution in [0.4, 0.5) is 0 Å². The van der Waals surface area contributed by atoms with E-state index in [9.17, 15) is 4.79 Å². The number of benzene rings is 1. The Bertz CT molecular complexity index is 361. The highest BCUT2D eigenvalue weighted by Gasteiger charge is 1.98. The van der Waals surface area contributed by atoms with Crippen molar-refractivity contribution in [1.29, 1.82) is 0 Å². The molecule has 0 amide bonds. The van der Waals surface area contributed by atoms with E-state index in [4.69, 9.17) is 0 Å². The second-order valence-electron chi connectivity index (χ2n) is 3.52. The Morgan fingerprint density at radius 1 is 1.43 bits per heavy atom. The zero-order valence-electron chi connectivity index (χ0n) is 9.00.